The number of aromatic amines is 1. The molecule has 2 bridgehead atoms. The zero-order chi connectivity index (χ0) is 38.9. The molecule has 4 aliphatic rings. The van der Waals surface area contributed by atoms with Crippen molar-refractivity contribution in [1.82, 2.24) is 15.2 Å². The average Bonchev–Trinajstić information content (AvgIpc) is 3.23. The van der Waals surface area contributed by atoms with Gasteiger partial charge in [0.25, 0.3) is 0 Å². The summed E-state index contributed by atoms with van der Waals surface area (Å²) in [5, 5.41) is 24.7. The standard InChI is InChI=1S/C45H55N3O8/c49-39-17-15-36(37-16-18-42(51)47-44(37)39)40(50)27-46-21-4-5-24-54-45(53)33-13-11-30(12-14-33)29-55-35-10-6-9-34(25-35)38(31-7-2-1-3-8-31)26-43(52)56-41-28-48-22-19-32(41)20-23-48/h1-3,6-10,15-18,25,30,32-33,38,40-41,46,49-50H,4-5,11-14,19-24,26-29H2,(H,47,51)/t30?,33?,38-,40-,41-/m0/s1. The van der Waals surface area contributed by atoms with Crippen molar-refractivity contribution in [2.45, 2.75) is 75.9 Å². The molecule has 3 saturated heterocycles. The van der Waals surface area contributed by atoms with E-state index in [1.54, 1.807) is 12.1 Å². The fourth-order valence-corrected chi connectivity index (χ4v) is 8.68. The van der Waals surface area contributed by atoms with Crippen molar-refractivity contribution in [2.75, 3.05) is 45.9 Å². The van der Waals surface area contributed by atoms with E-state index in [2.05, 4.69) is 39.5 Å². The third kappa shape index (κ3) is 10.2. The lowest BCUT2D eigenvalue weighted by atomic mass is 9.82. The number of unbranched alkanes of at least 4 members (excludes halogenated alkanes) is 1. The normalized spacial score (nSPS) is 23.0. The number of hydrogen-bond acceptors (Lipinski definition) is 10. The van der Waals surface area contributed by atoms with Crippen molar-refractivity contribution in [2.24, 2.45) is 17.8 Å². The van der Waals surface area contributed by atoms with Crippen molar-refractivity contribution in [1.29, 1.82) is 0 Å². The number of hydrogen-bond donors (Lipinski definition) is 4. The molecule has 1 saturated carbocycles. The minimum absolute atomic E-state index is 0.00800. The lowest BCUT2D eigenvalue weighted by Crippen LogP contribution is -2.52. The molecule has 0 amide bonds. The van der Waals surface area contributed by atoms with Crippen LogP contribution in [-0.4, -0.2) is 84.1 Å². The predicted octanol–water partition coefficient (Wildman–Crippen LogP) is 6.22. The molecule has 8 rings (SSSR count). The fourth-order valence-electron chi connectivity index (χ4n) is 8.68. The van der Waals surface area contributed by atoms with Gasteiger partial charge in [-0.05, 0) is 124 Å². The first-order valence-electron chi connectivity index (χ1n) is 20.4. The van der Waals surface area contributed by atoms with E-state index in [4.69, 9.17) is 14.2 Å². The van der Waals surface area contributed by atoms with Crippen molar-refractivity contribution in [3.63, 3.8) is 0 Å². The van der Waals surface area contributed by atoms with Crippen LogP contribution in [0.15, 0.2) is 83.7 Å². The number of aromatic hydroxyl groups is 1. The molecule has 1 aromatic heterocycles. The Kier molecular flexibility index (Phi) is 13.4. The molecule has 11 nitrogen and oxygen atoms in total. The first-order chi connectivity index (χ1) is 27.3. The first-order valence-corrected chi connectivity index (χ1v) is 20.4. The molecular formula is C45H55N3O8. The van der Waals surface area contributed by atoms with Crippen molar-refractivity contribution in [3.05, 3.63) is 106 Å². The number of phenolic OH excluding ortho intramolecular Hbond substituents is 1. The van der Waals surface area contributed by atoms with Gasteiger partial charge in [0.15, 0.2) is 0 Å². The molecule has 4 N–H and O–H groups in total. The highest BCUT2D eigenvalue weighted by atomic mass is 16.5. The fraction of sp³-hybridized carbons (Fsp3) is 0.489. The number of aliphatic hydroxyl groups excluding tert-OH is 1. The Hall–Kier alpha value is -4.71. The molecule has 4 aromatic rings. The number of phenols is 1. The second-order valence-corrected chi connectivity index (χ2v) is 15.8. The van der Waals surface area contributed by atoms with E-state index in [-0.39, 0.29) is 47.6 Å². The van der Waals surface area contributed by atoms with E-state index in [1.807, 2.05) is 30.3 Å². The number of esters is 2. The highest BCUT2D eigenvalue weighted by Gasteiger charge is 2.37. The Morgan fingerprint density at radius 1 is 0.893 bits per heavy atom. The number of fused-ring (bicyclic) bond motifs is 4. The van der Waals surface area contributed by atoms with E-state index in [0.717, 1.165) is 81.5 Å². The summed E-state index contributed by atoms with van der Waals surface area (Å²) in [6, 6.07) is 24.3. The Labute approximate surface area is 328 Å². The Bertz CT molecular complexity index is 1970. The number of aromatic nitrogens is 1. The second kappa shape index (κ2) is 19.0. The van der Waals surface area contributed by atoms with Crippen LogP contribution in [0.1, 0.15) is 86.5 Å². The molecule has 56 heavy (non-hydrogen) atoms. The molecule has 3 atom stereocenters. The van der Waals surface area contributed by atoms with Crippen LogP contribution in [-0.2, 0) is 19.1 Å². The van der Waals surface area contributed by atoms with Crippen LogP contribution in [0.5, 0.6) is 11.5 Å². The SMILES string of the molecule is O=C(C[C@@H](c1ccccc1)c1cccc(OCC2CCC(C(=O)OCCCCNC[C@H](O)c3ccc(O)c4[nH]c(=O)ccc34)CC2)c1)O[C@H]1CN2CCC1CC2. The zero-order valence-corrected chi connectivity index (χ0v) is 32.1. The molecule has 4 fully saturated rings. The van der Waals surface area contributed by atoms with Crippen molar-refractivity contribution >= 4 is 22.8 Å². The lowest BCUT2D eigenvalue weighted by molar-refractivity contribution is -0.159. The summed E-state index contributed by atoms with van der Waals surface area (Å²) in [6.07, 6.45) is 6.53. The summed E-state index contributed by atoms with van der Waals surface area (Å²) in [5.74, 6) is 1.07. The number of rotatable bonds is 17. The molecule has 1 aliphatic carbocycles. The van der Waals surface area contributed by atoms with Crippen LogP contribution in [0.25, 0.3) is 10.9 Å². The zero-order valence-electron chi connectivity index (χ0n) is 32.1. The van der Waals surface area contributed by atoms with Crippen LogP contribution in [0.3, 0.4) is 0 Å². The largest absolute Gasteiger partial charge is 0.506 e. The average molecular weight is 766 g/mol. The van der Waals surface area contributed by atoms with E-state index in [9.17, 15) is 24.6 Å². The highest BCUT2D eigenvalue weighted by Crippen LogP contribution is 2.35. The first kappa shape index (κ1) is 39.5. The number of nitrogens with one attached hydrogen (secondary N) is 2. The van der Waals surface area contributed by atoms with Crippen molar-refractivity contribution < 1.29 is 34.0 Å². The quantitative estimate of drug-likeness (QED) is 0.0721. The second-order valence-electron chi connectivity index (χ2n) is 15.8. The topological polar surface area (TPSA) is 150 Å². The van der Waals surface area contributed by atoms with E-state index < -0.39 is 6.10 Å². The number of carbonyl (C=O) groups excluding carboxylic acids is 2. The smallest absolute Gasteiger partial charge is 0.308 e. The molecule has 298 valence electrons. The third-order valence-electron chi connectivity index (χ3n) is 12.0. The van der Waals surface area contributed by atoms with Gasteiger partial charge in [-0.15, -0.1) is 0 Å². The predicted molar refractivity (Wildman–Crippen MR) is 214 cm³/mol. The third-order valence-corrected chi connectivity index (χ3v) is 12.0. The van der Waals surface area contributed by atoms with Gasteiger partial charge >= 0.3 is 11.9 Å². The number of nitrogens with zero attached hydrogens (tertiary/aromatic N) is 1. The van der Waals surface area contributed by atoms with Gasteiger partial charge in [-0.25, -0.2) is 0 Å². The van der Waals surface area contributed by atoms with Crippen LogP contribution >= 0.6 is 0 Å². The monoisotopic (exact) mass is 765 g/mol. The van der Waals surface area contributed by atoms with Gasteiger partial charge in [0.05, 0.1) is 37.2 Å². The van der Waals surface area contributed by atoms with E-state index in [0.29, 0.717) is 61.0 Å². The highest BCUT2D eigenvalue weighted by molar-refractivity contribution is 5.87. The number of piperidine rings is 3. The van der Waals surface area contributed by atoms with Crippen molar-refractivity contribution in [3.8, 4) is 11.5 Å². The van der Waals surface area contributed by atoms with Crippen LogP contribution < -0.4 is 15.6 Å². The van der Waals surface area contributed by atoms with Gasteiger partial charge in [-0.3, -0.25) is 19.3 Å². The molecule has 3 aromatic carbocycles. The Morgan fingerprint density at radius 3 is 2.45 bits per heavy atom. The van der Waals surface area contributed by atoms with Gasteiger partial charge < -0.3 is 34.7 Å². The Balaban J connectivity index is 0.803. The maximum Gasteiger partial charge on any atom is 0.308 e. The number of aliphatic hydroxyl groups is 1. The lowest BCUT2D eigenvalue weighted by Gasteiger charge is -2.44. The summed E-state index contributed by atoms with van der Waals surface area (Å²) >= 11 is 0. The minimum atomic E-state index is -0.818. The van der Waals surface area contributed by atoms with Gasteiger partial charge in [0.2, 0.25) is 5.56 Å². The maximum atomic E-state index is 13.3. The number of pyridine rings is 1. The summed E-state index contributed by atoms with van der Waals surface area (Å²) in [4.78, 5) is 42.9. The minimum Gasteiger partial charge on any atom is -0.506 e. The van der Waals surface area contributed by atoms with Gasteiger partial charge in [-0.2, -0.15) is 0 Å². The molecule has 0 unspecified atom stereocenters. The Morgan fingerprint density at radius 2 is 1.68 bits per heavy atom. The maximum absolute atomic E-state index is 13.3. The summed E-state index contributed by atoms with van der Waals surface area (Å²) in [5.41, 5.74) is 2.71. The number of carbonyl (C=O) groups is 2. The molecule has 11 heteroatoms. The number of ether oxygens (including phenoxy) is 3. The molecule has 3 aliphatic heterocycles. The van der Waals surface area contributed by atoms with Gasteiger partial charge in [-0.1, -0.05) is 48.5 Å². The van der Waals surface area contributed by atoms with E-state index in [1.165, 1.54) is 12.1 Å². The summed E-state index contributed by atoms with van der Waals surface area (Å²) < 4.78 is 18.0. The number of H-pyrrole nitrogens is 1. The summed E-state index contributed by atoms with van der Waals surface area (Å²) in [7, 11) is 0. The van der Waals surface area contributed by atoms with Crippen LogP contribution in [0.4, 0.5) is 0 Å². The summed E-state index contributed by atoms with van der Waals surface area (Å²) in [6.45, 7) is 4.96. The van der Waals surface area contributed by atoms with Gasteiger partial charge in [0.1, 0.15) is 17.6 Å². The molecular weight excluding hydrogens is 711 g/mol. The van der Waals surface area contributed by atoms with Crippen LogP contribution in [0, 0.1) is 17.8 Å². The molecule has 0 radical (unpaired) electrons. The van der Waals surface area contributed by atoms with Crippen LogP contribution in [0.2, 0.25) is 0 Å². The molecule has 0 spiro atoms. The molecule has 4 heterocycles. The van der Waals surface area contributed by atoms with E-state index >= 15 is 0 Å². The van der Waals surface area contributed by atoms with Gasteiger partial charge in [0, 0.05) is 30.5 Å². The number of benzene rings is 3.